The Bertz CT molecular complexity index is 2010. The van der Waals surface area contributed by atoms with Crippen LogP contribution in [0.2, 0.25) is 0 Å². The van der Waals surface area contributed by atoms with Crippen molar-refractivity contribution < 1.29 is 23.7 Å². The number of carbonyl (C=O) groups is 1. The molecule has 2 spiro atoms. The molecule has 4 aliphatic heterocycles. The molecule has 14 aliphatic rings. The highest BCUT2D eigenvalue weighted by molar-refractivity contribution is 5.74. The van der Waals surface area contributed by atoms with E-state index in [2.05, 4.69) is 66.0 Å². The fourth-order valence-corrected chi connectivity index (χ4v) is 23.5. The Morgan fingerprint density at radius 2 is 0.895 bits per heavy atom. The van der Waals surface area contributed by atoms with Crippen molar-refractivity contribution in [2.24, 2.45) is 116 Å². The summed E-state index contributed by atoms with van der Waals surface area (Å²) in [6, 6.07) is 1.84. The molecule has 10 aliphatic carbocycles. The first-order valence-electron chi connectivity index (χ1n) is 33.6. The second kappa shape index (κ2) is 21.3. The zero-order valence-corrected chi connectivity index (χ0v) is 49.9. The Balaban J connectivity index is 0.000000139. The third-order valence-electron chi connectivity index (χ3n) is 27.8. The summed E-state index contributed by atoms with van der Waals surface area (Å²) in [6.07, 6.45) is 39.7. The van der Waals surface area contributed by atoms with E-state index in [-0.39, 0.29) is 17.6 Å². The molecule has 14 rings (SSSR count). The van der Waals surface area contributed by atoms with Gasteiger partial charge in [-0.25, -0.2) is 4.79 Å². The molecule has 0 radical (unpaired) electrons. The molecule has 0 aromatic carbocycles. The van der Waals surface area contributed by atoms with Gasteiger partial charge in [-0.1, -0.05) is 93.9 Å². The van der Waals surface area contributed by atoms with Crippen LogP contribution in [-0.2, 0) is 18.9 Å². The second-order valence-electron chi connectivity index (χ2n) is 31.7. The van der Waals surface area contributed by atoms with Gasteiger partial charge < -0.3 is 41.0 Å². The van der Waals surface area contributed by atoms with Crippen LogP contribution in [-0.4, -0.2) is 67.2 Å². The van der Waals surface area contributed by atoms with Gasteiger partial charge in [-0.2, -0.15) is 0 Å². The summed E-state index contributed by atoms with van der Waals surface area (Å²) in [6.45, 7) is 22.0. The van der Waals surface area contributed by atoms with Crippen LogP contribution in [0.4, 0.5) is 4.79 Å². The number of nitrogens with two attached hydrogens (primary N) is 2. The van der Waals surface area contributed by atoms with E-state index in [9.17, 15) is 4.79 Å². The summed E-state index contributed by atoms with van der Waals surface area (Å²) in [7, 11) is 0. The van der Waals surface area contributed by atoms with Gasteiger partial charge in [-0.05, 0) is 234 Å². The van der Waals surface area contributed by atoms with Gasteiger partial charge in [0.15, 0.2) is 11.6 Å². The number of hydrogen-bond acceptors (Lipinski definition) is 7. The minimum atomic E-state index is -0.301. The summed E-state index contributed by atoms with van der Waals surface area (Å²) in [5, 5.41) is 6.71. The SMILES string of the molecule is C[C@H]1CC[C@@]2(OC1)O[C@H]1C[C@H]3[C@@H]4CC[C@@H]5CC(N)CC[C@]5(C)[C@H]4CC[C@]3(C)[C@H]1[C@@H]2C.C[C@H]1CC[C@@]2(OC1)O[C@H]1C[C@H]3[C@@H]4CC[C@@H]5CC(NC(=O)NC6CCCCC6)CC[C@]5(C)[C@H]4CC[C@]3(C)[C@H]1[C@@H]2C.NC1CCCCC1. The first kappa shape index (κ1) is 55.6. The predicted molar refractivity (Wildman–Crippen MR) is 305 cm³/mol. The van der Waals surface area contributed by atoms with Crippen LogP contribution in [0.25, 0.3) is 0 Å². The first-order valence-corrected chi connectivity index (χ1v) is 33.6. The van der Waals surface area contributed by atoms with E-state index in [1.165, 1.54) is 161 Å². The molecule has 2 unspecified atom stereocenters. The number of fused-ring (bicyclic) bond motifs is 14. The lowest BCUT2D eigenvalue weighted by Gasteiger charge is -2.61. The van der Waals surface area contributed by atoms with E-state index >= 15 is 0 Å². The van der Waals surface area contributed by atoms with Crippen LogP contribution >= 0.6 is 0 Å². The summed E-state index contributed by atoms with van der Waals surface area (Å²) in [5.41, 5.74) is 13.9. The molecule has 4 heterocycles. The monoisotopic (exact) mass is 1050 g/mol. The fraction of sp³-hybridized carbons (Fsp3) is 0.985. The van der Waals surface area contributed by atoms with Gasteiger partial charge in [0.25, 0.3) is 0 Å². The smallest absolute Gasteiger partial charge is 0.315 e. The average molecular weight is 1060 g/mol. The van der Waals surface area contributed by atoms with Crippen molar-refractivity contribution in [3.8, 4) is 0 Å². The average Bonchev–Trinajstić information content (AvgIpc) is 4.20. The maximum Gasteiger partial charge on any atom is 0.315 e. The van der Waals surface area contributed by atoms with E-state index in [0.29, 0.717) is 93.5 Å². The van der Waals surface area contributed by atoms with Crippen LogP contribution in [0.5, 0.6) is 0 Å². The van der Waals surface area contributed by atoms with Gasteiger partial charge in [0.2, 0.25) is 0 Å². The third kappa shape index (κ3) is 9.57. The molecule has 4 saturated heterocycles. The van der Waals surface area contributed by atoms with Crippen LogP contribution in [0.1, 0.15) is 248 Å². The summed E-state index contributed by atoms with van der Waals surface area (Å²) in [4.78, 5) is 12.8. The van der Waals surface area contributed by atoms with Crippen molar-refractivity contribution >= 4 is 6.03 Å². The summed E-state index contributed by atoms with van der Waals surface area (Å²) in [5.74, 6) is 10.0. The lowest BCUT2D eigenvalue weighted by Crippen LogP contribution is -2.57. The first-order chi connectivity index (χ1) is 36.4. The molecule has 0 aromatic heterocycles. The van der Waals surface area contributed by atoms with E-state index in [4.69, 9.17) is 30.4 Å². The van der Waals surface area contributed by atoms with Crippen LogP contribution < -0.4 is 22.1 Å². The minimum absolute atomic E-state index is 0.0958. The van der Waals surface area contributed by atoms with E-state index in [0.717, 1.165) is 92.7 Å². The molecule has 24 atom stereocenters. The van der Waals surface area contributed by atoms with Crippen molar-refractivity contribution in [1.29, 1.82) is 0 Å². The highest BCUT2D eigenvalue weighted by Crippen LogP contribution is 2.73. The topological polar surface area (TPSA) is 130 Å². The molecular formula is C67H114N4O5. The van der Waals surface area contributed by atoms with Crippen LogP contribution in [0, 0.1) is 105 Å². The number of amides is 2. The number of ether oxygens (including phenoxy) is 4. The Labute approximate surface area is 463 Å². The van der Waals surface area contributed by atoms with E-state index < -0.39 is 0 Å². The van der Waals surface area contributed by atoms with Crippen LogP contribution in [0.3, 0.4) is 0 Å². The lowest BCUT2D eigenvalue weighted by molar-refractivity contribution is -0.273. The number of hydrogen-bond donors (Lipinski definition) is 4. The highest BCUT2D eigenvalue weighted by atomic mass is 16.7. The lowest BCUT2D eigenvalue weighted by atomic mass is 9.44. The Morgan fingerprint density at radius 3 is 1.37 bits per heavy atom. The largest absolute Gasteiger partial charge is 0.349 e. The highest BCUT2D eigenvalue weighted by Gasteiger charge is 2.71. The second-order valence-corrected chi connectivity index (χ2v) is 31.7. The number of urea groups is 1. The number of rotatable bonds is 2. The minimum Gasteiger partial charge on any atom is -0.349 e. The van der Waals surface area contributed by atoms with Gasteiger partial charge in [-0.3, -0.25) is 0 Å². The van der Waals surface area contributed by atoms with E-state index in [1.807, 2.05) is 0 Å². The molecular weight excluding hydrogens is 941 g/mol. The van der Waals surface area contributed by atoms with Crippen molar-refractivity contribution in [1.82, 2.24) is 10.6 Å². The zero-order valence-electron chi connectivity index (χ0n) is 49.9. The van der Waals surface area contributed by atoms with Gasteiger partial charge in [0.05, 0.1) is 25.4 Å². The standard InChI is InChI=1S/C34H56N2O3.C27H45NO2.C6H13N/c1-21-12-17-34(38-20-21)22(2)30-29(39-34)19-28-26-11-10-23-18-25(36-31(37)35-24-8-6-5-7-9-24)13-15-32(23,3)27(26)14-16-33(28,30)4;1-16-7-12-27(29-15-16)17(2)24-23(30-27)14-22-20-6-5-18-13-19(28)8-10-25(18,3)21(20)9-11-26(22,24)4;7-6-4-2-1-3-5-6/h21-30H,5-20H2,1-4H3,(H2,35,36,37);16-24H,5-15,28H2,1-4H3;6H,1-5,7H2/t21-,22-,23+,25?,26+,27-,28-,29-,30-,32-,33-,34+;16-,17-,18+,19?,20+,21-,22-,23-,24-,25-,26-,27+;/m00./s1. The Hall–Kier alpha value is -0.970. The molecule has 0 bridgehead atoms. The molecule has 2 amide bonds. The van der Waals surface area contributed by atoms with Crippen molar-refractivity contribution in [3.05, 3.63) is 0 Å². The number of nitrogens with one attached hydrogen (secondary N) is 2. The third-order valence-corrected chi connectivity index (χ3v) is 27.8. The Kier molecular flexibility index (Phi) is 15.6. The Morgan fingerprint density at radius 1 is 0.434 bits per heavy atom. The summed E-state index contributed by atoms with van der Waals surface area (Å²) < 4.78 is 26.9. The van der Waals surface area contributed by atoms with Crippen molar-refractivity contribution in [2.45, 2.75) is 296 Å². The van der Waals surface area contributed by atoms with E-state index in [1.54, 1.807) is 0 Å². The quantitative estimate of drug-likeness (QED) is 0.217. The molecule has 10 saturated carbocycles. The van der Waals surface area contributed by atoms with Crippen molar-refractivity contribution in [3.63, 3.8) is 0 Å². The molecule has 14 fully saturated rings. The molecule has 76 heavy (non-hydrogen) atoms. The van der Waals surface area contributed by atoms with Crippen LogP contribution in [0.15, 0.2) is 0 Å². The van der Waals surface area contributed by atoms with Gasteiger partial charge >= 0.3 is 6.03 Å². The maximum absolute atomic E-state index is 12.8. The van der Waals surface area contributed by atoms with Gasteiger partial charge in [0, 0.05) is 48.8 Å². The normalized spacial score (nSPS) is 54.4. The molecule has 432 valence electrons. The molecule has 9 heteroatoms. The maximum atomic E-state index is 12.8. The number of carbonyl (C=O) groups excluding carboxylic acids is 1. The van der Waals surface area contributed by atoms with Gasteiger partial charge in [-0.15, -0.1) is 0 Å². The van der Waals surface area contributed by atoms with Gasteiger partial charge in [0.1, 0.15) is 0 Å². The molecule has 9 nitrogen and oxygen atoms in total. The fourth-order valence-electron chi connectivity index (χ4n) is 23.5. The zero-order chi connectivity index (χ0) is 53.0. The van der Waals surface area contributed by atoms with Crippen molar-refractivity contribution in [2.75, 3.05) is 13.2 Å². The summed E-state index contributed by atoms with van der Waals surface area (Å²) >= 11 is 0. The molecule has 6 N–H and O–H groups in total. The molecule has 0 aromatic rings. The predicted octanol–water partition coefficient (Wildman–Crippen LogP) is 14.5.